The molecular formula is C22H23NO2. The molecule has 0 unspecified atom stereocenters. The number of hydrogen-bond acceptors (Lipinski definition) is 3. The molecule has 128 valence electrons. The lowest BCUT2D eigenvalue weighted by Gasteiger charge is -2.50. The highest BCUT2D eigenvalue weighted by Gasteiger charge is 2.48. The summed E-state index contributed by atoms with van der Waals surface area (Å²) in [5.74, 6) is 0.510. The van der Waals surface area contributed by atoms with Gasteiger partial charge in [-0.25, -0.2) is 0 Å². The van der Waals surface area contributed by atoms with Crippen LogP contribution in [0, 0.1) is 0 Å². The first-order valence-electron chi connectivity index (χ1n) is 8.87. The number of fused-ring (bicyclic) bond motifs is 2. The monoisotopic (exact) mass is 333 g/mol. The van der Waals surface area contributed by atoms with Crippen LogP contribution in [-0.2, 0) is 10.2 Å². The molecule has 3 nitrogen and oxygen atoms in total. The topological polar surface area (TPSA) is 40.5 Å². The summed E-state index contributed by atoms with van der Waals surface area (Å²) in [4.78, 5) is 15.4. The molecule has 2 aromatic rings. The standard InChI is InChI=1S/C22H23NO2/c1-23-11-10-22(17-8-5-9-18(24)13-17)14-20(23)19(21(25)15-22)12-16-6-3-2-4-7-16/h2-9,12-13,20,24H,10-11,14-15H2,1H3/b19-12-/t20-,22-/m1/s1. The molecule has 25 heavy (non-hydrogen) atoms. The second-order valence-corrected chi connectivity index (χ2v) is 7.39. The number of carbonyl (C=O) groups excluding carboxylic acids is 1. The lowest BCUT2D eigenvalue weighted by atomic mass is 9.61. The van der Waals surface area contributed by atoms with Gasteiger partial charge < -0.3 is 5.11 Å². The van der Waals surface area contributed by atoms with Crippen molar-refractivity contribution in [3.63, 3.8) is 0 Å². The van der Waals surface area contributed by atoms with E-state index in [1.54, 1.807) is 6.07 Å². The summed E-state index contributed by atoms with van der Waals surface area (Å²) in [6.45, 7) is 0.958. The van der Waals surface area contributed by atoms with Gasteiger partial charge in [0.15, 0.2) is 5.78 Å². The molecule has 0 amide bonds. The Morgan fingerprint density at radius 1 is 1.16 bits per heavy atom. The predicted octanol–water partition coefficient (Wildman–Crippen LogP) is 3.78. The summed E-state index contributed by atoms with van der Waals surface area (Å²) in [5, 5.41) is 9.90. The second-order valence-electron chi connectivity index (χ2n) is 7.39. The van der Waals surface area contributed by atoms with Gasteiger partial charge in [0, 0.05) is 23.5 Å². The summed E-state index contributed by atoms with van der Waals surface area (Å²) in [5.41, 5.74) is 2.94. The third-order valence-electron chi connectivity index (χ3n) is 5.82. The molecule has 1 aliphatic carbocycles. The molecule has 2 fully saturated rings. The number of carbonyl (C=O) groups is 1. The highest BCUT2D eigenvalue weighted by atomic mass is 16.3. The fraction of sp³-hybridized carbons (Fsp3) is 0.318. The Morgan fingerprint density at radius 3 is 2.72 bits per heavy atom. The smallest absolute Gasteiger partial charge is 0.161 e. The summed E-state index contributed by atoms with van der Waals surface area (Å²) < 4.78 is 0. The van der Waals surface area contributed by atoms with Crippen molar-refractivity contribution in [3.05, 3.63) is 71.3 Å². The molecule has 2 aliphatic rings. The fourth-order valence-corrected chi connectivity index (χ4v) is 4.38. The Labute approximate surface area is 148 Å². The molecule has 2 atom stereocenters. The van der Waals surface area contributed by atoms with E-state index in [1.807, 2.05) is 42.5 Å². The van der Waals surface area contributed by atoms with E-state index >= 15 is 0 Å². The number of ketones is 1. The van der Waals surface area contributed by atoms with Crippen LogP contribution in [0.3, 0.4) is 0 Å². The minimum atomic E-state index is -0.152. The van der Waals surface area contributed by atoms with E-state index in [1.165, 1.54) is 0 Å². The number of benzene rings is 2. The Balaban J connectivity index is 1.74. The minimum absolute atomic E-state index is 0.137. The number of phenolic OH excluding ortho intramolecular Hbond substituents is 1. The maximum absolute atomic E-state index is 13.1. The molecule has 3 heteroatoms. The Kier molecular flexibility index (Phi) is 3.97. The zero-order valence-electron chi connectivity index (χ0n) is 14.5. The minimum Gasteiger partial charge on any atom is -0.508 e. The van der Waals surface area contributed by atoms with Crippen LogP contribution in [0.5, 0.6) is 5.75 Å². The van der Waals surface area contributed by atoms with Crippen molar-refractivity contribution in [2.45, 2.75) is 30.7 Å². The molecule has 1 saturated heterocycles. The first kappa shape index (κ1) is 16.1. The summed E-state index contributed by atoms with van der Waals surface area (Å²) in [7, 11) is 2.11. The van der Waals surface area contributed by atoms with Gasteiger partial charge in [-0.1, -0.05) is 42.5 Å². The molecule has 0 aromatic heterocycles. The van der Waals surface area contributed by atoms with E-state index in [0.29, 0.717) is 6.42 Å². The molecule has 4 rings (SSSR count). The molecule has 2 bridgehead atoms. The number of nitrogens with zero attached hydrogens (tertiary/aromatic N) is 1. The normalized spacial score (nSPS) is 28.3. The highest BCUT2D eigenvalue weighted by molar-refractivity contribution is 6.02. The van der Waals surface area contributed by atoms with Crippen molar-refractivity contribution >= 4 is 11.9 Å². The average molecular weight is 333 g/mol. The zero-order chi connectivity index (χ0) is 17.4. The van der Waals surface area contributed by atoms with Crippen molar-refractivity contribution in [2.75, 3.05) is 13.6 Å². The van der Waals surface area contributed by atoms with Gasteiger partial charge in [0.25, 0.3) is 0 Å². The number of hydrogen-bond donors (Lipinski definition) is 1. The van der Waals surface area contributed by atoms with Crippen LogP contribution in [0.2, 0.25) is 0 Å². The summed E-state index contributed by atoms with van der Waals surface area (Å²) in [6.07, 6.45) is 4.46. The maximum atomic E-state index is 13.1. The van der Waals surface area contributed by atoms with Gasteiger partial charge in [-0.2, -0.15) is 0 Å². The van der Waals surface area contributed by atoms with E-state index in [4.69, 9.17) is 0 Å². The van der Waals surface area contributed by atoms with Crippen LogP contribution in [0.15, 0.2) is 60.2 Å². The van der Waals surface area contributed by atoms with Gasteiger partial charge in [0.2, 0.25) is 0 Å². The zero-order valence-corrected chi connectivity index (χ0v) is 14.5. The van der Waals surface area contributed by atoms with Crippen LogP contribution >= 0.6 is 0 Å². The first-order valence-corrected chi connectivity index (χ1v) is 8.87. The van der Waals surface area contributed by atoms with Gasteiger partial charge in [-0.15, -0.1) is 0 Å². The van der Waals surface area contributed by atoms with E-state index < -0.39 is 0 Å². The van der Waals surface area contributed by atoms with Crippen molar-refractivity contribution in [3.8, 4) is 5.75 Å². The Bertz CT molecular complexity index is 827. The van der Waals surface area contributed by atoms with Gasteiger partial charge >= 0.3 is 0 Å². The average Bonchev–Trinajstić information content (AvgIpc) is 2.62. The van der Waals surface area contributed by atoms with E-state index in [9.17, 15) is 9.90 Å². The Morgan fingerprint density at radius 2 is 1.96 bits per heavy atom. The van der Waals surface area contributed by atoms with E-state index in [0.717, 1.165) is 36.1 Å². The molecule has 1 saturated carbocycles. The molecule has 1 N–H and O–H groups in total. The fourth-order valence-electron chi connectivity index (χ4n) is 4.38. The lowest BCUT2D eigenvalue weighted by molar-refractivity contribution is -0.120. The van der Waals surface area contributed by atoms with Gasteiger partial charge in [-0.05, 0) is 55.8 Å². The quantitative estimate of drug-likeness (QED) is 0.850. The van der Waals surface area contributed by atoms with E-state index in [2.05, 4.69) is 24.1 Å². The van der Waals surface area contributed by atoms with Crippen molar-refractivity contribution in [2.24, 2.45) is 0 Å². The number of rotatable bonds is 2. The Hall–Kier alpha value is -2.39. The number of phenols is 1. The largest absolute Gasteiger partial charge is 0.508 e. The van der Waals surface area contributed by atoms with Gasteiger partial charge in [0.05, 0.1) is 0 Å². The van der Waals surface area contributed by atoms with Crippen LogP contribution in [-0.4, -0.2) is 35.4 Å². The summed E-state index contributed by atoms with van der Waals surface area (Å²) >= 11 is 0. The first-order chi connectivity index (χ1) is 12.1. The molecule has 0 spiro atoms. The van der Waals surface area contributed by atoms with Gasteiger partial charge in [-0.3, -0.25) is 9.69 Å². The highest BCUT2D eigenvalue weighted by Crippen LogP contribution is 2.47. The number of aromatic hydroxyl groups is 1. The van der Waals surface area contributed by atoms with Crippen LogP contribution in [0.4, 0.5) is 0 Å². The van der Waals surface area contributed by atoms with Gasteiger partial charge in [0.1, 0.15) is 5.75 Å². The molecule has 2 aromatic carbocycles. The number of likely N-dealkylation sites (N-methyl/N-ethyl adjacent to an activating group) is 1. The predicted molar refractivity (Wildman–Crippen MR) is 99.5 cm³/mol. The van der Waals surface area contributed by atoms with E-state index in [-0.39, 0.29) is 23.0 Å². The second kappa shape index (κ2) is 6.16. The third kappa shape index (κ3) is 2.89. The van der Waals surface area contributed by atoms with Crippen molar-refractivity contribution in [1.82, 2.24) is 4.90 Å². The molecule has 0 radical (unpaired) electrons. The number of Topliss-reactive ketones (excluding diaryl/α,β-unsaturated/α-hetero) is 1. The number of piperidine rings is 1. The summed E-state index contributed by atoms with van der Waals surface area (Å²) in [6, 6.07) is 17.7. The molecule has 1 aliphatic heterocycles. The molecular weight excluding hydrogens is 310 g/mol. The maximum Gasteiger partial charge on any atom is 0.161 e. The van der Waals surface area contributed by atoms with Crippen LogP contribution in [0.25, 0.3) is 6.08 Å². The van der Waals surface area contributed by atoms with Crippen LogP contribution in [0.1, 0.15) is 30.4 Å². The number of likely N-dealkylation sites (tertiary alicyclic amines) is 1. The molecule has 1 heterocycles. The van der Waals surface area contributed by atoms with Crippen LogP contribution < -0.4 is 0 Å². The van der Waals surface area contributed by atoms with Crippen molar-refractivity contribution in [1.29, 1.82) is 0 Å². The van der Waals surface area contributed by atoms with Crippen molar-refractivity contribution < 1.29 is 9.90 Å². The SMILES string of the molecule is CN1CC[C@]2(c3cccc(O)c3)CC(=O)/C(=C\c3ccccc3)[C@H]1C2. The third-order valence-corrected chi connectivity index (χ3v) is 5.82. The lowest BCUT2D eigenvalue weighted by Crippen LogP contribution is -2.53.